The molecule has 1 aliphatic rings. The van der Waals surface area contributed by atoms with E-state index in [1.165, 1.54) is 6.07 Å². The zero-order valence-corrected chi connectivity index (χ0v) is 8.95. The highest BCUT2D eigenvalue weighted by atomic mass is 79.9. The van der Waals surface area contributed by atoms with Gasteiger partial charge in [-0.15, -0.1) is 0 Å². The Bertz CT molecular complexity index is 377. The molecule has 0 unspecified atom stereocenters. The lowest BCUT2D eigenvalue weighted by Crippen LogP contribution is -2.04. The van der Waals surface area contributed by atoms with Gasteiger partial charge in [-0.1, -0.05) is 6.07 Å². The van der Waals surface area contributed by atoms with Crippen LogP contribution in [-0.2, 0) is 0 Å². The first-order valence-corrected chi connectivity index (χ1v) is 5.17. The van der Waals surface area contributed by atoms with Gasteiger partial charge in [-0.2, -0.15) is 0 Å². The molecule has 1 N–H and O–H groups in total. The second-order valence-corrected chi connectivity index (χ2v) is 4.16. The number of hydrogen-bond acceptors (Lipinski definition) is 3. The van der Waals surface area contributed by atoms with Gasteiger partial charge in [-0.25, -0.2) is 0 Å². The summed E-state index contributed by atoms with van der Waals surface area (Å²) >= 11 is 3.30. The lowest BCUT2D eigenvalue weighted by molar-refractivity contribution is -0.384. The predicted octanol–water partition coefficient (Wildman–Crippen LogP) is 2.93. The number of halogens is 1. The third-order valence-electron chi connectivity index (χ3n) is 2.11. The summed E-state index contributed by atoms with van der Waals surface area (Å²) in [4.78, 5) is 10.4. The van der Waals surface area contributed by atoms with Gasteiger partial charge in [0.1, 0.15) is 5.69 Å². The van der Waals surface area contributed by atoms with Crippen LogP contribution in [0.1, 0.15) is 12.8 Å². The Morgan fingerprint density at radius 3 is 2.79 bits per heavy atom. The third-order valence-corrected chi connectivity index (χ3v) is 2.77. The number of hydrogen-bond donors (Lipinski definition) is 1. The number of anilines is 1. The molecule has 2 rings (SSSR count). The summed E-state index contributed by atoms with van der Waals surface area (Å²) < 4.78 is 0.749. The molecular weight excluding hydrogens is 248 g/mol. The maximum atomic E-state index is 10.7. The highest BCUT2D eigenvalue weighted by Crippen LogP contribution is 2.36. The molecule has 0 radical (unpaired) electrons. The molecule has 74 valence electrons. The molecule has 1 aromatic carbocycles. The van der Waals surface area contributed by atoms with Crippen LogP contribution in [0.5, 0.6) is 0 Å². The molecule has 0 atom stereocenters. The Labute approximate surface area is 89.6 Å². The van der Waals surface area contributed by atoms with Gasteiger partial charge in [0.25, 0.3) is 5.69 Å². The fraction of sp³-hybridized carbons (Fsp3) is 0.333. The van der Waals surface area contributed by atoms with Crippen LogP contribution in [0.15, 0.2) is 22.7 Å². The van der Waals surface area contributed by atoms with Crippen molar-refractivity contribution in [2.45, 2.75) is 18.9 Å². The number of rotatable bonds is 3. The molecule has 0 amide bonds. The minimum atomic E-state index is -0.366. The van der Waals surface area contributed by atoms with Crippen molar-refractivity contribution in [3.05, 3.63) is 32.8 Å². The summed E-state index contributed by atoms with van der Waals surface area (Å²) in [7, 11) is 0. The molecule has 1 saturated carbocycles. The van der Waals surface area contributed by atoms with Gasteiger partial charge >= 0.3 is 0 Å². The van der Waals surface area contributed by atoms with Gasteiger partial charge in [-0.3, -0.25) is 10.1 Å². The average Bonchev–Trinajstić information content (AvgIpc) is 2.91. The largest absolute Gasteiger partial charge is 0.376 e. The van der Waals surface area contributed by atoms with E-state index in [4.69, 9.17) is 0 Å². The Morgan fingerprint density at radius 1 is 1.50 bits per heavy atom. The molecule has 1 aliphatic carbocycles. The number of nitrogens with zero attached hydrogens (tertiary/aromatic N) is 1. The minimum Gasteiger partial charge on any atom is -0.376 e. The second-order valence-electron chi connectivity index (χ2n) is 3.31. The van der Waals surface area contributed by atoms with E-state index in [1.54, 1.807) is 12.1 Å². The smallest absolute Gasteiger partial charge is 0.293 e. The van der Waals surface area contributed by atoms with Crippen molar-refractivity contribution in [1.82, 2.24) is 0 Å². The topological polar surface area (TPSA) is 55.2 Å². The van der Waals surface area contributed by atoms with E-state index in [9.17, 15) is 10.1 Å². The van der Waals surface area contributed by atoms with Crippen LogP contribution >= 0.6 is 15.9 Å². The summed E-state index contributed by atoms with van der Waals surface area (Å²) in [5, 5.41) is 13.9. The average molecular weight is 257 g/mol. The molecule has 0 bridgehead atoms. The fourth-order valence-corrected chi connectivity index (χ4v) is 1.71. The van der Waals surface area contributed by atoms with Crippen LogP contribution in [-0.4, -0.2) is 11.0 Å². The van der Waals surface area contributed by atoms with E-state index in [0.717, 1.165) is 17.3 Å². The summed E-state index contributed by atoms with van der Waals surface area (Å²) in [6.07, 6.45) is 2.19. The first-order valence-electron chi connectivity index (χ1n) is 4.38. The van der Waals surface area contributed by atoms with Gasteiger partial charge in [0.2, 0.25) is 0 Å². The van der Waals surface area contributed by atoms with Crippen molar-refractivity contribution < 1.29 is 4.92 Å². The molecule has 5 heteroatoms. The maximum Gasteiger partial charge on any atom is 0.293 e. The van der Waals surface area contributed by atoms with Crippen LogP contribution in [0.2, 0.25) is 0 Å². The van der Waals surface area contributed by atoms with Crippen LogP contribution in [0.3, 0.4) is 0 Å². The van der Waals surface area contributed by atoms with Crippen LogP contribution < -0.4 is 5.32 Å². The quantitative estimate of drug-likeness (QED) is 0.669. The van der Waals surface area contributed by atoms with E-state index in [-0.39, 0.29) is 10.6 Å². The molecular formula is C9H9BrN2O2. The van der Waals surface area contributed by atoms with Crippen molar-refractivity contribution in [3.8, 4) is 0 Å². The van der Waals surface area contributed by atoms with Crippen LogP contribution in [0.25, 0.3) is 0 Å². The minimum absolute atomic E-state index is 0.131. The highest BCUT2D eigenvalue weighted by Gasteiger charge is 2.25. The molecule has 0 heterocycles. The van der Waals surface area contributed by atoms with Gasteiger partial charge < -0.3 is 5.32 Å². The summed E-state index contributed by atoms with van der Waals surface area (Å²) in [6.45, 7) is 0. The first kappa shape index (κ1) is 9.45. The number of nitro benzene ring substituents is 1. The maximum absolute atomic E-state index is 10.7. The molecule has 0 spiro atoms. The Morgan fingerprint density at radius 2 is 2.21 bits per heavy atom. The van der Waals surface area contributed by atoms with Crippen LogP contribution in [0, 0.1) is 10.1 Å². The van der Waals surface area contributed by atoms with Crippen molar-refractivity contribution >= 4 is 27.3 Å². The van der Waals surface area contributed by atoms with E-state index in [0.29, 0.717) is 11.7 Å². The Kier molecular flexibility index (Phi) is 2.41. The number of benzene rings is 1. The van der Waals surface area contributed by atoms with Crippen molar-refractivity contribution in [2.24, 2.45) is 0 Å². The van der Waals surface area contributed by atoms with Gasteiger partial charge in [0.05, 0.1) is 4.92 Å². The summed E-state index contributed by atoms with van der Waals surface area (Å²) in [6, 6.07) is 5.39. The van der Waals surface area contributed by atoms with Gasteiger partial charge in [0, 0.05) is 16.6 Å². The monoisotopic (exact) mass is 256 g/mol. The first-order chi connectivity index (χ1) is 6.68. The summed E-state index contributed by atoms with van der Waals surface area (Å²) in [5.41, 5.74) is 0.728. The highest BCUT2D eigenvalue weighted by molar-refractivity contribution is 9.10. The normalized spacial score (nSPS) is 15.2. The lowest BCUT2D eigenvalue weighted by atomic mass is 10.2. The fourth-order valence-electron chi connectivity index (χ4n) is 1.24. The molecule has 0 aromatic heterocycles. The molecule has 1 fully saturated rings. The third kappa shape index (κ3) is 1.87. The van der Waals surface area contributed by atoms with E-state index >= 15 is 0 Å². The predicted molar refractivity (Wildman–Crippen MR) is 57.4 cm³/mol. The number of nitrogens with one attached hydrogen (secondary N) is 1. The zero-order chi connectivity index (χ0) is 10.1. The van der Waals surface area contributed by atoms with E-state index in [1.807, 2.05) is 0 Å². The van der Waals surface area contributed by atoms with E-state index < -0.39 is 0 Å². The second kappa shape index (κ2) is 3.57. The molecule has 0 aliphatic heterocycles. The molecule has 4 nitrogen and oxygen atoms in total. The summed E-state index contributed by atoms with van der Waals surface area (Å²) in [5.74, 6) is 0. The molecule has 0 saturated heterocycles. The Balaban J connectivity index is 2.36. The SMILES string of the molecule is O=[N+]([O-])c1cccc(Br)c1NC1CC1. The standard InChI is InChI=1S/C9H9BrN2O2/c10-7-2-1-3-8(12(13)14)9(7)11-6-4-5-6/h1-3,6,11H,4-5H2. The zero-order valence-electron chi connectivity index (χ0n) is 7.37. The van der Waals surface area contributed by atoms with Crippen molar-refractivity contribution in [3.63, 3.8) is 0 Å². The van der Waals surface area contributed by atoms with Crippen molar-refractivity contribution in [1.29, 1.82) is 0 Å². The lowest BCUT2D eigenvalue weighted by Gasteiger charge is -2.06. The van der Waals surface area contributed by atoms with Gasteiger partial charge in [0.15, 0.2) is 0 Å². The van der Waals surface area contributed by atoms with E-state index in [2.05, 4.69) is 21.2 Å². The molecule has 1 aromatic rings. The van der Waals surface area contributed by atoms with Crippen molar-refractivity contribution in [2.75, 3.05) is 5.32 Å². The molecule has 14 heavy (non-hydrogen) atoms. The van der Waals surface area contributed by atoms with Crippen LogP contribution in [0.4, 0.5) is 11.4 Å². The number of para-hydroxylation sites is 1. The number of nitro groups is 1. The van der Waals surface area contributed by atoms with Gasteiger partial charge in [-0.05, 0) is 34.8 Å². The Hall–Kier alpha value is -1.10.